The van der Waals surface area contributed by atoms with Crippen LogP contribution in [-0.2, 0) is 0 Å². The van der Waals surface area contributed by atoms with Crippen LogP contribution >= 0.6 is 34.7 Å². The molecule has 0 amide bonds. The molecule has 0 spiro atoms. The minimum Gasteiger partial charge on any atom is -0.387 e. The number of aliphatic hydroxyl groups is 1. The van der Waals surface area contributed by atoms with Gasteiger partial charge in [-0.2, -0.15) is 11.8 Å². The molecular weight excluding hydrogens is 236 g/mol. The highest BCUT2D eigenvalue weighted by molar-refractivity contribution is 8.00. The third-order valence-corrected chi connectivity index (χ3v) is 5.69. The Morgan fingerprint density at radius 3 is 2.71 bits per heavy atom. The van der Waals surface area contributed by atoms with Gasteiger partial charge >= 0.3 is 0 Å². The number of thiophene rings is 1. The van der Waals surface area contributed by atoms with Crippen molar-refractivity contribution in [1.29, 1.82) is 0 Å². The van der Waals surface area contributed by atoms with Crippen molar-refractivity contribution in [3.05, 3.63) is 21.3 Å². The summed E-state index contributed by atoms with van der Waals surface area (Å²) in [4.78, 5) is 0. The Hall–Kier alpha value is 0.300. The van der Waals surface area contributed by atoms with Crippen LogP contribution in [0.1, 0.15) is 30.9 Å². The van der Waals surface area contributed by atoms with E-state index in [1.807, 2.05) is 11.4 Å². The fourth-order valence-electron chi connectivity index (χ4n) is 1.90. The molecule has 4 heteroatoms. The van der Waals surface area contributed by atoms with Gasteiger partial charge in [-0.15, -0.1) is 11.3 Å². The maximum atomic E-state index is 10.3. The van der Waals surface area contributed by atoms with Crippen molar-refractivity contribution in [2.24, 2.45) is 0 Å². The van der Waals surface area contributed by atoms with Crippen molar-refractivity contribution >= 4 is 34.7 Å². The molecular formula is C10H13ClOS2. The lowest BCUT2D eigenvalue weighted by molar-refractivity contribution is 0.0881. The first-order valence-electron chi connectivity index (χ1n) is 4.66. The van der Waals surface area contributed by atoms with E-state index in [9.17, 15) is 5.11 Å². The average Bonchev–Trinajstić information content (AvgIpc) is 2.50. The molecule has 0 bridgehead atoms. The molecule has 0 aromatic carbocycles. The smallest absolute Gasteiger partial charge is 0.0986 e. The van der Waals surface area contributed by atoms with E-state index >= 15 is 0 Å². The van der Waals surface area contributed by atoms with Crippen molar-refractivity contribution in [3.8, 4) is 0 Å². The quantitative estimate of drug-likeness (QED) is 0.880. The summed E-state index contributed by atoms with van der Waals surface area (Å²) >= 11 is 9.29. The fourth-order valence-corrected chi connectivity index (χ4v) is 3.91. The Morgan fingerprint density at radius 2 is 2.36 bits per heavy atom. The number of hydrogen-bond donors (Lipinski definition) is 1. The highest BCUT2D eigenvalue weighted by atomic mass is 35.5. The molecule has 1 aliphatic rings. The highest BCUT2D eigenvalue weighted by Crippen LogP contribution is 2.52. The van der Waals surface area contributed by atoms with Gasteiger partial charge < -0.3 is 5.11 Å². The van der Waals surface area contributed by atoms with E-state index in [0.29, 0.717) is 0 Å². The summed E-state index contributed by atoms with van der Waals surface area (Å²) in [6, 6.07) is 1.94. The summed E-state index contributed by atoms with van der Waals surface area (Å²) < 4.78 is 0.767. The van der Waals surface area contributed by atoms with Gasteiger partial charge in [0.1, 0.15) is 0 Å². The molecule has 2 rings (SSSR count). The van der Waals surface area contributed by atoms with E-state index < -0.39 is 6.10 Å². The van der Waals surface area contributed by atoms with Crippen LogP contribution in [-0.4, -0.2) is 16.1 Å². The van der Waals surface area contributed by atoms with Crippen LogP contribution in [0.15, 0.2) is 11.4 Å². The zero-order valence-corrected chi connectivity index (χ0v) is 10.4. The summed E-state index contributed by atoms with van der Waals surface area (Å²) in [6.45, 7) is 0. The maximum Gasteiger partial charge on any atom is 0.0986 e. The molecule has 1 aromatic rings. The van der Waals surface area contributed by atoms with E-state index in [2.05, 4.69) is 6.26 Å². The molecule has 1 heterocycles. The zero-order chi connectivity index (χ0) is 10.2. The average molecular weight is 249 g/mol. The molecule has 1 fully saturated rings. The fraction of sp³-hybridized carbons (Fsp3) is 0.600. The van der Waals surface area contributed by atoms with Crippen molar-refractivity contribution < 1.29 is 5.11 Å². The normalized spacial score (nSPS) is 21.6. The molecule has 0 aliphatic heterocycles. The van der Waals surface area contributed by atoms with Gasteiger partial charge in [0.05, 0.1) is 10.4 Å². The van der Waals surface area contributed by atoms with E-state index in [-0.39, 0.29) is 4.75 Å². The Morgan fingerprint density at radius 1 is 1.64 bits per heavy atom. The summed E-state index contributed by atoms with van der Waals surface area (Å²) in [7, 11) is 0. The largest absolute Gasteiger partial charge is 0.387 e. The Kier molecular flexibility index (Phi) is 3.12. The monoisotopic (exact) mass is 248 g/mol. The first kappa shape index (κ1) is 10.8. The van der Waals surface area contributed by atoms with Gasteiger partial charge in [0, 0.05) is 10.3 Å². The van der Waals surface area contributed by atoms with Crippen LogP contribution < -0.4 is 0 Å². The molecule has 0 saturated heterocycles. The van der Waals surface area contributed by atoms with Crippen molar-refractivity contribution in [2.75, 3.05) is 6.26 Å². The van der Waals surface area contributed by atoms with Gasteiger partial charge in [-0.1, -0.05) is 18.0 Å². The second-order valence-electron chi connectivity index (χ2n) is 3.67. The Balaban J connectivity index is 2.22. The summed E-state index contributed by atoms with van der Waals surface area (Å²) in [6.07, 6.45) is 5.09. The molecule has 1 aromatic heterocycles. The SMILES string of the molecule is CSC1(C(O)c2ccsc2Cl)CCC1. The van der Waals surface area contributed by atoms with E-state index in [4.69, 9.17) is 11.6 Å². The third-order valence-electron chi connectivity index (χ3n) is 3.05. The number of rotatable bonds is 3. The zero-order valence-electron chi connectivity index (χ0n) is 8.00. The molecule has 1 saturated carbocycles. The Bertz CT molecular complexity index is 314. The van der Waals surface area contributed by atoms with Gasteiger partial charge in [0.15, 0.2) is 0 Å². The highest BCUT2D eigenvalue weighted by Gasteiger charge is 2.44. The van der Waals surface area contributed by atoms with Crippen LogP contribution in [0.5, 0.6) is 0 Å². The first-order valence-corrected chi connectivity index (χ1v) is 7.14. The van der Waals surface area contributed by atoms with Crippen LogP contribution in [0.25, 0.3) is 0 Å². The first-order chi connectivity index (χ1) is 6.69. The van der Waals surface area contributed by atoms with Crippen LogP contribution in [0.3, 0.4) is 0 Å². The Labute approximate surface area is 97.5 Å². The summed E-state index contributed by atoms with van der Waals surface area (Å²) in [5.41, 5.74) is 0.908. The van der Waals surface area contributed by atoms with Gasteiger partial charge in [0.25, 0.3) is 0 Å². The van der Waals surface area contributed by atoms with Gasteiger partial charge in [-0.05, 0) is 30.5 Å². The predicted molar refractivity (Wildman–Crippen MR) is 64.4 cm³/mol. The number of thioether (sulfide) groups is 1. The minimum atomic E-state index is -0.398. The van der Waals surface area contributed by atoms with Crippen LogP contribution in [0.2, 0.25) is 4.34 Å². The van der Waals surface area contributed by atoms with Crippen molar-refractivity contribution in [3.63, 3.8) is 0 Å². The predicted octanol–water partition coefficient (Wildman–Crippen LogP) is 3.72. The number of aliphatic hydroxyl groups excluding tert-OH is 1. The van der Waals surface area contributed by atoms with E-state index in [1.54, 1.807) is 11.8 Å². The molecule has 14 heavy (non-hydrogen) atoms. The summed E-state index contributed by atoms with van der Waals surface area (Å²) in [5, 5.41) is 12.2. The second-order valence-corrected chi connectivity index (χ2v) is 6.41. The topological polar surface area (TPSA) is 20.2 Å². The van der Waals surface area contributed by atoms with Gasteiger partial charge in [-0.3, -0.25) is 0 Å². The van der Waals surface area contributed by atoms with E-state index in [1.165, 1.54) is 17.8 Å². The molecule has 1 aliphatic carbocycles. The van der Waals surface area contributed by atoms with Crippen molar-refractivity contribution in [2.45, 2.75) is 30.1 Å². The van der Waals surface area contributed by atoms with E-state index in [0.717, 1.165) is 22.7 Å². The number of hydrogen-bond acceptors (Lipinski definition) is 3. The lowest BCUT2D eigenvalue weighted by Crippen LogP contribution is -2.39. The molecule has 1 atom stereocenters. The molecule has 1 N–H and O–H groups in total. The van der Waals surface area contributed by atoms with Crippen molar-refractivity contribution in [1.82, 2.24) is 0 Å². The second kappa shape index (κ2) is 4.05. The third kappa shape index (κ3) is 1.60. The van der Waals surface area contributed by atoms with Gasteiger partial charge in [-0.25, -0.2) is 0 Å². The molecule has 0 radical (unpaired) electrons. The lowest BCUT2D eigenvalue weighted by atomic mass is 9.78. The molecule has 78 valence electrons. The maximum absolute atomic E-state index is 10.3. The minimum absolute atomic E-state index is 0.0325. The molecule has 1 nitrogen and oxygen atoms in total. The van der Waals surface area contributed by atoms with Gasteiger partial charge in [0.2, 0.25) is 0 Å². The van der Waals surface area contributed by atoms with Crippen LogP contribution in [0, 0.1) is 0 Å². The lowest BCUT2D eigenvalue weighted by Gasteiger charge is -2.44. The number of halogens is 1. The standard InChI is InChI=1S/C10H13ClOS2/c1-13-10(4-2-5-10)8(12)7-3-6-14-9(7)11/h3,6,8,12H,2,4-5H2,1H3. The van der Waals surface area contributed by atoms with Crippen LogP contribution in [0.4, 0.5) is 0 Å². The molecule has 1 unspecified atom stereocenters. The summed E-state index contributed by atoms with van der Waals surface area (Å²) in [5.74, 6) is 0.